The average Bonchev–Trinajstić information content (AvgIpc) is 3.17. The van der Waals surface area contributed by atoms with Crippen LogP contribution in [0.2, 0.25) is 0 Å². The molecule has 2 heteroatoms. The van der Waals surface area contributed by atoms with Crippen LogP contribution < -0.4 is 10.2 Å². The molecule has 2 rings (SSSR count). The monoisotopic (exact) mass is 260 g/mol. The highest BCUT2D eigenvalue weighted by molar-refractivity contribution is 5.50. The molecule has 1 N–H and O–H groups in total. The van der Waals surface area contributed by atoms with Crippen molar-refractivity contribution in [3.63, 3.8) is 0 Å². The van der Waals surface area contributed by atoms with Crippen molar-refractivity contribution in [1.82, 2.24) is 5.32 Å². The Bertz CT molecular complexity index is 389. The van der Waals surface area contributed by atoms with Gasteiger partial charge in [0.1, 0.15) is 0 Å². The van der Waals surface area contributed by atoms with Gasteiger partial charge in [-0.1, -0.05) is 13.0 Å². The molecule has 1 aliphatic carbocycles. The number of aryl methyl sites for hydroxylation is 2. The first kappa shape index (κ1) is 14.4. The first-order valence-corrected chi connectivity index (χ1v) is 7.63. The minimum Gasteiger partial charge on any atom is -0.373 e. The SMILES string of the molecule is CCCNC(CN(C)c1cc(C)cc(C)c1)C1CC1. The van der Waals surface area contributed by atoms with Crippen molar-refractivity contribution in [1.29, 1.82) is 0 Å². The van der Waals surface area contributed by atoms with E-state index < -0.39 is 0 Å². The first-order valence-electron chi connectivity index (χ1n) is 7.63. The molecule has 0 bridgehead atoms. The van der Waals surface area contributed by atoms with E-state index in [1.54, 1.807) is 0 Å². The lowest BCUT2D eigenvalue weighted by atomic mass is 10.1. The molecule has 1 saturated carbocycles. The molecule has 0 saturated heterocycles. The molecule has 0 aliphatic heterocycles. The van der Waals surface area contributed by atoms with Crippen LogP contribution in [0, 0.1) is 19.8 Å². The van der Waals surface area contributed by atoms with Gasteiger partial charge in [-0.15, -0.1) is 0 Å². The Kier molecular flexibility index (Phi) is 4.87. The lowest BCUT2D eigenvalue weighted by Crippen LogP contribution is -2.41. The second-order valence-electron chi connectivity index (χ2n) is 6.12. The number of likely N-dealkylation sites (N-methyl/N-ethyl adjacent to an activating group) is 1. The summed E-state index contributed by atoms with van der Waals surface area (Å²) in [5.41, 5.74) is 4.05. The normalized spacial score (nSPS) is 16.4. The van der Waals surface area contributed by atoms with Gasteiger partial charge < -0.3 is 10.2 Å². The van der Waals surface area contributed by atoms with Gasteiger partial charge in [0.15, 0.2) is 0 Å². The number of hydrogen-bond donors (Lipinski definition) is 1. The molecule has 1 atom stereocenters. The third-order valence-corrected chi connectivity index (χ3v) is 3.97. The summed E-state index contributed by atoms with van der Waals surface area (Å²) in [5, 5.41) is 3.72. The van der Waals surface area contributed by atoms with Gasteiger partial charge in [0, 0.05) is 25.3 Å². The van der Waals surface area contributed by atoms with Crippen molar-refractivity contribution in [3.05, 3.63) is 29.3 Å². The van der Waals surface area contributed by atoms with Gasteiger partial charge in [0.05, 0.1) is 0 Å². The fourth-order valence-corrected chi connectivity index (χ4v) is 2.78. The standard InChI is InChI=1S/C17H28N2/c1-5-8-18-17(15-6-7-15)12-19(4)16-10-13(2)9-14(3)11-16/h9-11,15,17-18H,5-8,12H2,1-4H3. The number of hydrogen-bond acceptors (Lipinski definition) is 2. The molecule has 1 fully saturated rings. The molecule has 106 valence electrons. The Morgan fingerprint density at radius 2 is 1.84 bits per heavy atom. The van der Waals surface area contributed by atoms with Crippen LogP contribution in [0.4, 0.5) is 5.69 Å². The number of nitrogens with one attached hydrogen (secondary N) is 1. The third kappa shape index (κ3) is 4.24. The highest BCUT2D eigenvalue weighted by Crippen LogP contribution is 2.33. The first-order chi connectivity index (χ1) is 9.10. The lowest BCUT2D eigenvalue weighted by molar-refractivity contribution is 0.463. The predicted octanol–water partition coefficient (Wildman–Crippen LogP) is 3.52. The van der Waals surface area contributed by atoms with E-state index in [-0.39, 0.29) is 0 Å². The molecular formula is C17H28N2. The molecule has 1 unspecified atom stereocenters. The van der Waals surface area contributed by atoms with Crippen molar-refractivity contribution < 1.29 is 0 Å². The summed E-state index contributed by atoms with van der Waals surface area (Å²) in [7, 11) is 2.22. The van der Waals surface area contributed by atoms with E-state index >= 15 is 0 Å². The average molecular weight is 260 g/mol. The van der Waals surface area contributed by atoms with Gasteiger partial charge in [0.2, 0.25) is 0 Å². The van der Waals surface area contributed by atoms with Crippen molar-refractivity contribution in [3.8, 4) is 0 Å². The number of rotatable bonds is 7. The second-order valence-corrected chi connectivity index (χ2v) is 6.12. The smallest absolute Gasteiger partial charge is 0.0369 e. The highest BCUT2D eigenvalue weighted by atomic mass is 15.1. The Balaban J connectivity index is 1.99. The molecule has 0 radical (unpaired) electrons. The minimum absolute atomic E-state index is 0.658. The Hall–Kier alpha value is -1.02. The molecule has 1 aromatic rings. The summed E-state index contributed by atoms with van der Waals surface area (Å²) < 4.78 is 0. The molecule has 1 aromatic carbocycles. The number of nitrogens with zero attached hydrogens (tertiary/aromatic N) is 1. The van der Waals surface area contributed by atoms with E-state index in [0.29, 0.717) is 6.04 Å². The second kappa shape index (κ2) is 6.42. The van der Waals surface area contributed by atoms with Crippen LogP contribution in [0.3, 0.4) is 0 Å². The van der Waals surface area contributed by atoms with E-state index in [2.05, 4.69) is 56.2 Å². The predicted molar refractivity (Wildman–Crippen MR) is 84.0 cm³/mol. The van der Waals surface area contributed by atoms with Crippen LogP contribution in [0.5, 0.6) is 0 Å². The van der Waals surface area contributed by atoms with E-state index in [4.69, 9.17) is 0 Å². The van der Waals surface area contributed by atoms with E-state index in [0.717, 1.165) is 19.0 Å². The molecule has 0 amide bonds. The summed E-state index contributed by atoms with van der Waals surface area (Å²) in [6, 6.07) is 7.48. The van der Waals surface area contributed by atoms with Crippen molar-refractivity contribution in [2.24, 2.45) is 5.92 Å². The van der Waals surface area contributed by atoms with Gasteiger partial charge in [-0.25, -0.2) is 0 Å². The zero-order valence-electron chi connectivity index (χ0n) is 12.9. The van der Waals surface area contributed by atoms with Crippen LogP contribution in [-0.2, 0) is 0 Å². The maximum Gasteiger partial charge on any atom is 0.0369 e. The number of anilines is 1. The topological polar surface area (TPSA) is 15.3 Å². The summed E-state index contributed by atoms with van der Waals surface area (Å²) in [6.45, 7) is 8.86. The lowest BCUT2D eigenvalue weighted by Gasteiger charge is -2.27. The number of benzene rings is 1. The minimum atomic E-state index is 0.658. The van der Waals surface area contributed by atoms with Crippen molar-refractivity contribution >= 4 is 5.69 Å². The zero-order valence-corrected chi connectivity index (χ0v) is 12.9. The quantitative estimate of drug-likeness (QED) is 0.807. The fraction of sp³-hybridized carbons (Fsp3) is 0.647. The molecule has 19 heavy (non-hydrogen) atoms. The van der Waals surface area contributed by atoms with E-state index in [9.17, 15) is 0 Å². The van der Waals surface area contributed by atoms with Crippen LogP contribution in [0.15, 0.2) is 18.2 Å². The van der Waals surface area contributed by atoms with Crippen LogP contribution >= 0.6 is 0 Å². The van der Waals surface area contributed by atoms with Crippen LogP contribution in [-0.4, -0.2) is 26.2 Å². The Morgan fingerprint density at radius 1 is 1.21 bits per heavy atom. The van der Waals surface area contributed by atoms with Gasteiger partial charge >= 0.3 is 0 Å². The largest absolute Gasteiger partial charge is 0.373 e. The summed E-state index contributed by atoms with van der Waals surface area (Å²) in [4.78, 5) is 2.41. The van der Waals surface area contributed by atoms with Crippen LogP contribution in [0.25, 0.3) is 0 Å². The molecule has 0 spiro atoms. The fourth-order valence-electron chi connectivity index (χ4n) is 2.78. The summed E-state index contributed by atoms with van der Waals surface area (Å²) in [6.07, 6.45) is 4.03. The summed E-state index contributed by atoms with van der Waals surface area (Å²) in [5.74, 6) is 0.903. The van der Waals surface area contributed by atoms with Crippen LogP contribution in [0.1, 0.15) is 37.3 Å². The van der Waals surface area contributed by atoms with E-state index in [1.807, 2.05) is 0 Å². The van der Waals surface area contributed by atoms with E-state index in [1.165, 1.54) is 36.1 Å². The Labute approximate surface area is 118 Å². The molecule has 1 aliphatic rings. The third-order valence-electron chi connectivity index (χ3n) is 3.97. The van der Waals surface area contributed by atoms with Gasteiger partial charge in [-0.2, -0.15) is 0 Å². The molecule has 2 nitrogen and oxygen atoms in total. The van der Waals surface area contributed by atoms with Gasteiger partial charge in [-0.05, 0) is 68.8 Å². The Morgan fingerprint density at radius 3 is 2.37 bits per heavy atom. The maximum atomic E-state index is 3.72. The van der Waals surface area contributed by atoms with Crippen molar-refractivity contribution in [2.75, 3.05) is 25.0 Å². The molecule has 0 heterocycles. The highest BCUT2D eigenvalue weighted by Gasteiger charge is 2.31. The maximum absolute atomic E-state index is 3.72. The molecular weight excluding hydrogens is 232 g/mol. The van der Waals surface area contributed by atoms with Gasteiger partial charge in [-0.3, -0.25) is 0 Å². The van der Waals surface area contributed by atoms with Gasteiger partial charge in [0.25, 0.3) is 0 Å². The summed E-state index contributed by atoms with van der Waals surface area (Å²) >= 11 is 0. The van der Waals surface area contributed by atoms with Crippen molar-refractivity contribution in [2.45, 2.75) is 46.1 Å². The zero-order chi connectivity index (χ0) is 13.8. The molecule has 0 aromatic heterocycles.